The summed E-state index contributed by atoms with van der Waals surface area (Å²) >= 11 is 11.3. The Balaban J connectivity index is 1.15. The van der Waals surface area contributed by atoms with E-state index in [9.17, 15) is 10.8 Å². The summed E-state index contributed by atoms with van der Waals surface area (Å²) in [5, 5.41) is 22.5. The molecule has 6 aromatic heterocycles. The number of rotatable bonds is 34. The molecule has 1 aliphatic carbocycles. The van der Waals surface area contributed by atoms with Crippen molar-refractivity contribution in [3.8, 4) is 29.3 Å². The van der Waals surface area contributed by atoms with E-state index in [2.05, 4.69) is 121 Å². The number of allylic oxidation sites excluding steroid dienone is 2. The second-order valence-corrected chi connectivity index (χ2v) is 29.8. The van der Waals surface area contributed by atoms with Gasteiger partial charge in [-0.1, -0.05) is 158 Å². The van der Waals surface area contributed by atoms with Crippen LogP contribution in [0.1, 0.15) is 225 Å². The average Bonchev–Trinajstić information content (AvgIpc) is 4.39. The first-order valence-electron chi connectivity index (χ1n) is 30.9. The molecule has 0 aromatic carbocycles. The van der Waals surface area contributed by atoms with Crippen LogP contribution < -0.4 is 5.32 Å². The normalized spacial score (nSPS) is 17.1. The lowest BCUT2D eigenvalue weighted by atomic mass is 9.65. The van der Waals surface area contributed by atoms with Crippen molar-refractivity contribution in [1.29, 1.82) is 10.8 Å². The molecule has 1 aliphatic heterocycles. The van der Waals surface area contributed by atoms with Gasteiger partial charge in [0.25, 0.3) is 0 Å². The van der Waals surface area contributed by atoms with Gasteiger partial charge in [-0.15, -0.1) is 68.0 Å². The second kappa shape index (κ2) is 30.2. The lowest BCUT2D eigenvalue weighted by molar-refractivity contribution is 0.266. The molecule has 80 heavy (non-hydrogen) atoms. The Morgan fingerprint density at radius 2 is 1.10 bits per heavy atom. The van der Waals surface area contributed by atoms with Crippen LogP contribution in [0.5, 0.6) is 0 Å². The van der Waals surface area contributed by atoms with Gasteiger partial charge in [-0.2, -0.15) is 0 Å². The zero-order valence-electron chi connectivity index (χ0n) is 50.1. The van der Waals surface area contributed by atoms with Crippen molar-refractivity contribution in [2.24, 2.45) is 33.7 Å². The van der Waals surface area contributed by atoms with E-state index in [1.807, 2.05) is 94.4 Å². The summed E-state index contributed by atoms with van der Waals surface area (Å²) in [5.41, 5.74) is 7.85. The molecule has 5 nitrogen and oxygen atoms in total. The molecule has 430 valence electrons. The summed E-state index contributed by atoms with van der Waals surface area (Å²) in [7, 11) is 2.00. The molecule has 0 bridgehead atoms. The maximum absolute atomic E-state index is 9.70. The van der Waals surface area contributed by atoms with Crippen LogP contribution in [0, 0.1) is 34.5 Å². The van der Waals surface area contributed by atoms with Crippen LogP contribution in [0.15, 0.2) is 83.0 Å². The molecule has 2 aliphatic rings. The first-order chi connectivity index (χ1) is 38.9. The fourth-order valence-electron chi connectivity index (χ4n) is 12.3. The van der Waals surface area contributed by atoms with E-state index in [1.165, 1.54) is 180 Å². The molecule has 11 heteroatoms. The molecule has 0 radical (unpaired) electrons. The molecule has 0 spiro atoms. The van der Waals surface area contributed by atoms with Gasteiger partial charge in [0.2, 0.25) is 0 Å². The molecule has 6 aromatic rings. The highest BCUT2D eigenvalue weighted by Gasteiger charge is 2.48. The predicted molar refractivity (Wildman–Crippen MR) is 362 cm³/mol. The number of nitrogens with zero attached hydrogens (tertiary/aromatic N) is 2. The van der Waals surface area contributed by atoms with E-state index in [4.69, 9.17) is 9.98 Å². The lowest BCUT2D eigenvalue weighted by Crippen LogP contribution is -2.31. The number of aliphatic imine (C=N–C) groups is 2. The molecule has 0 saturated heterocycles. The lowest BCUT2D eigenvalue weighted by Gasteiger charge is -2.37. The molecule has 0 fully saturated rings. The van der Waals surface area contributed by atoms with Crippen molar-refractivity contribution < 1.29 is 0 Å². The van der Waals surface area contributed by atoms with Gasteiger partial charge >= 0.3 is 0 Å². The fourth-order valence-corrected chi connectivity index (χ4v) is 19.5. The van der Waals surface area contributed by atoms with Gasteiger partial charge in [-0.25, -0.2) is 0 Å². The molecular formula is C69H93N5S6. The Morgan fingerprint density at radius 3 is 1.64 bits per heavy atom. The van der Waals surface area contributed by atoms with Crippen LogP contribution in [-0.4, -0.2) is 36.4 Å². The number of hydrogen-bond donors (Lipinski definition) is 3. The van der Waals surface area contributed by atoms with Crippen molar-refractivity contribution in [3.63, 3.8) is 0 Å². The van der Waals surface area contributed by atoms with E-state index >= 15 is 0 Å². The highest BCUT2D eigenvalue weighted by Crippen LogP contribution is 2.62. The van der Waals surface area contributed by atoms with E-state index in [0.717, 1.165) is 52.1 Å². The number of hydrogen-bond acceptors (Lipinski definition) is 11. The van der Waals surface area contributed by atoms with Gasteiger partial charge in [-0.05, 0) is 135 Å². The Morgan fingerprint density at radius 1 is 0.600 bits per heavy atom. The van der Waals surface area contributed by atoms with Gasteiger partial charge in [0.15, 0.2) is 0 Å². The fraction of sp³-hybridized carbons (Fsp3) is 0.536. The van der Waals surface area contributed by atoms with Crippen molar-refractivity contribution in [1.82, 2.24) is 5.32 Å². The zero-order chi connectivity index (χ0) is 56.8. The summed E-state index contributed by atoms with van der Waals surface area (Å²) in [6.45, 7) is 21.4. The van der Waals surface area contributed by atoms with Crippen LogP contribution in [0.25, 0.3) is 40.4 Å². The highest BCUT2D eigenvalue weighted by atomic mass is 32.1. The minimum Gasteiger partial charge on any atom is -0.314 e. The molecule has 8 rings (SSSR count). The van der Waals surface area contributed by atoms with E-state index in [1.54, 1.807) is 0 Å². The van der Waals surface area contributed by atoms with Gasteiger partial charge < -0.3 is 16.1 Å². The Bertz CT molecular complexity index is 3080. The standard InChI is InChI=1S/C69H93N5S6/c1-11-19-23-46(15-5)35-50-27-29-61(75-50)63-33-31-59(77-63)57-39-56(71)53(43-73-57)66-38-55-68(80-66)67-54(69(55,40-48(17-7)25-21-13-3)41-49(18-8)26-22-14-4)37-65(79-67)52(45(9)70)42-74-58(44-72-10)60-32-34-64(78-60)62-30-28-51(76-62)36-47(16-6)24-20-12-2/h27-34,37-38,42-43,46-49,70-72H,11-26,35-36,39-41,44H2,1-10H3/b52-42+,70-45?,71-56?,74-58?. The highest BCUT2D eigenvalue weighted by molar-refractivity contribution is 7.25. The minimum atomic E-state index is -0.158. The van der Waals surface area contributed by atoms with Crippen molar-refractivity contribution in [2.75, 3.05) is 13.6 Å². The van der Waals surface area contributed by atoms with Crippen LogP contribution in [-0.2, 0) is 18.3 Å². The zero-order valence-corrected chi connectivity index (χ0v) is 55.0. The van der Waals surface area contributed by atoms with Gasteiger partial charge in [0, 0.05) is 107 Å². The number of nitrogens with one attached hydrogen (secondary N) is 3. The smallest absolute Gasteiger partial charge is 0.0713 e. The summed E-state index contributed by atoms with van der Waals surface area (Å²) in [4.78, 5) is 26.1. The first-order valence-corrected chi connectivity index (χ1v) is 35.8. The van der Waals surface area contributed by atoms with Crippen molar-refractivity contribution >= 4 is 102 Å². The maximum Gasteiger partial charge on any atom is 0.0713 e. The van der Waals surface area contributed by atoms with Gasteiger partial charge in [0.05, 0.1) is 16.3 Å². The molecule has 4 unspecified atom stereocenters. The Kier molecular flexibility index (Phi) is 23.6. The van der Waals surface area contributed by atoms with Crippen LogP contribution in [0.2, 0.25) is 0 Å². The third kappa shape index (κ3) is 15.0. The van der Waals surface area contributed by atoms with Crippen LogP contribution in [0.4, 0.5) is 0 Å². The number of fused-ring (bicyclic) bond motifs is 3. The SMILES string of the molecule is CCCCC(CC)Cc1ccc(-c2ccc(C3=NC=C(c4cc5c(s4)-c4sc(/C(=C/N=C(CNC)c6ccc(-c7ccc(CC(CC)CCCC)s7)s6)C(C)=N)cc4C5(CC(CC)CCCC)CC(CC)CCCC)C(=N)C3)s2)s1. The maximum atomic E-state index is 9.70. The molecule has 7 heterocycles. The molecule has 4 atom stereocenters. The summed E-state index contributed by atoms with van der Waals surface area (Å²) in [6, 6.07) is 23.4. The average molecular weight is 1180 g/mol. The second-order valence-electron chi connectivity index (χ2n) is 23.2. The molecular weight excluding hydrogens is 1090 g/mol. The number of unbranched alkanes of at least 4 members (excludes halogenated alkanes) is 4. The Hall–Kier alpha value is -3.68. The van der Waals surface area contributed by atoms with Crippen molar-refractivity contribution in [2.45, 2.75) is 203 Å². The minimum absolute atomic E-state index is 0.158. The molecule has 0 saturated carbocycles. The number of thiophene rings is 6. The molecule has 3 N–H and O–H groups in total. The van der Waals surface area contributed by atoms with E-state index in [0.29, 0.717) is 36.2 Å². The third-order valence-electron chi connectivity index (χ3n) is 17.4. The number of likely N-dealkylation sites (N-methyl/N-ethyl adjacent to an activating group) is 1. The topological polar surface area (TPSA) is 84.5 Å². The summed E-state index contributed by atoms with van der Waals surface area (Å²) < 4.78 is 0. The monoisotopic (exact) mass is 1180 g/mol. The third-order valence-corrected chi connectivity index (χ3v) is 24.7. The van der Waals surface area contributed by atoms with E-state index in [-0.39, 0.29) is 5.41 Å². The predicted octanol–water partition coefficient (Wildman–Crippen LogP) is 22.7. The Labute approximate surface area is 506 Å². The van der Waals surface area contributed by atoms with Crippen LogP contribution >= 0.6 is 68.0 Å². The molecule has 0 amide bonds. The summed E-state index contributed by atoms with van der Waals surface area (Å²) in [5.74, 6) is 2.72. The van der Waals surface area contributed by atoms with E-state index < -0.39 is 0 Å². The van der Waals surface area contributed by atoms with Gasteiger partial charge in [0.1, 0.15) is 0 Å². The van der Waals surface area contributed by atoms with Crippen molar-refractivity contribution in [3.05, 3.63) is 113 Å². The summed E-state index contributed by atoms with van der Waals surface area (Å²) in [6.07, 6.45) is 29.2. The largest absolute Gasteiger partial charge is 0.314 e. The van der Waals surface area contributed by atoms with Gasteiger partial charge in [-0.3, -0.25) is 9.98 Å². The quantitative estimate of drug-likeness (QED) is 0.0346. The van der Waals surface area contributed by atoms with Crippen LogP contribution in [0.3, 0.4) is 0 Å². The first kappa shape index (κ1) is 62.4.